The molecule has 0 saturated heterocycles. The van der Waals surface area contributed by atoms with Gasteiger partial charge in [-0.15, -0.1) is 0 Å². The third-order valence-corrected chi connectivity index (χ3v) is 3.26. The number of hydrogen-bond acceptors (Lipinski definition) is 3. The second-order valence-electron chi connectivity index (χ2n) is 5.07. The number of pyridine rings is 1. The highest BCUT2D eigenvalue weighted by Crippen LogP contribution is 2.18. The van der Waals surface area contributed by atoms with Crippen molar-refractivity contribution >= 4 is 23.2 Å². The van der Waals surface area contributed by atoms with Gasteiger partial charge in [-0.2, -0.15) is 0 Å². The highest BCUT2D eigenvalue weighted by atomic mass is 35.5. The number of aromatic nitrogens is 1. The monoisotopic (exact) mass is 283 g/mol. The van der Waals surface area contributed by atoms with Crippen LogP contribution in [0.3, 0.4) is 0 Å². The lowest BCUT2D eigenvalue weighted by Crippen LogP contribution is -2.22. The van der Waals surface area contributed by atoms with Gasteiger partial charge in [-0.05, 0) is 38.8 Å². The SMILES string of the molecule is Cc1nc(Cl)ccc1NC(=O)C(C)CCCC(C)N. The second-order valence-corrected chi connectivity index (χ2v) is 5.45. The van der Waals surface area contributed by atoms with Crippen LogP contribution >= 0.6 is 11.6 Å². The van der Waals surface area contributed by atoms with E-state index >= 15 is 0 Å². The van der Waals surface area contributed by atoms with E-state index in [4.69, 9.17) is 17.3 Å². The van der Waals surface area contributed by atoms with Crippen LogP contribution in [0.15, 0.2) is 12.1 Å². The predicted molar refractivity (Wildman–Crippen MR) is 79.3 cm³/mol. The average molecular weight is 284 g/mol. The van der Waals surface area contributed by atoms with Gasteiger partial charge in [0.15, 0.2) is 0 Å². The molecule has 0 radical (unpaired) electrons. The van der Waals surface area contributed by atoms with E-state index in [1.54, 1.807) is 12.1 Å². The van der Waals surface area contributed by atoms with Gasteiger partial charge in [-0.1, -0.05) is 24.9 Å². The number of aryl methyl sites for hydroxylation is 1. The van der Waals surface area contributed by atoms with Crippen molar-refractivity contribution in [3.05, 3.63) is 23.0 Å². The Labute approximate surface area is 119 Å². The number of rotatable bonds is 6. The molecule has 0 spiro atoms. The Bertz CT molecular complexity index is 435. The van der Waals surface area contributed by atoms with Crippen LogP contribution in [0, 0.1) is 12.8 Å². The Balaban J connectivity index is 2.49. The average Bonchev–Trinajstić information content (AvgIpc) is 2.32. The van der Waals surface area contributed by atoms with Gasteiger partial charge in [0.25, 0.3) is 0 Å². The van der Waals surface area contributed by atoms with Gasteiger partial charge in [-0.3, -0.25) is 4.79 Å². The zero-order valence-electron chi connectivity index (χ0n) is 11.7. The number of hydrogen-bond donors (Lipinski definition) is 2. The smallest absolute Gasteiger partial charge is 0.227 e. The van der Waals surface area contributed by atoms with Crippen LogP contribution in [-0.2, 0) is 4.79 Å². The summed E-state index contributed by atoms with van der Waals surface area (Å²) in [5.74, 6) is -0.0225. The molecule has 0 aliphatic heterocycles. The molecule has 0 aromatic carbocycles. The molecule has 0 saturated carbocycles. The Kier molecular flexibility index (Phi) is 6.25. The number of nitrogens with one attached hydrogen (secondary N) is 1. The summed E-state index contributed by atoms with van der Waals surface area (Å²) in [6.07, 6.45) is 2.75. The molecular weight excluding hydrogens is 262 g/mol. The van der Waals surface area contributed by atoms with Gasteiger partial charge >= 0.3 is 0 Å². The summed E-state index contributed by atoms with van der Waals surface area (Å²) >= 11 is 5.78. The van der Waals surface area contributed by atoms with Crippen LogP contribution in [0.2, 0.25) is 5.15 Å². The number of nitrogens with two attached hydrogens (primary N) is 1. The van der Waals surface area contributed by atoms with Crippen molar-refractivity contribution in [1.82, 2.24) is 4.98 Å². The fraction of sp³-hybridized carbons (Fsp3) is 0.571. The summed E-state index contributed by atoms with van der Waals surface area (Å²) in [5.41, 5.74) is 7.13. The van der Waals surface area contributed by atoms with E-state index in [1.165, 1.54) is 0 Å². The number of carbonyl (C=O) groups excluding carboxylic acids is 1. The predicted octanol–water partition coefficient (Wildman–Crippen LogP) is 3.14. The molecule has 1 aromatic heterocycles. The first-order valence-electron chi connectivity index (χ1n) is 6.59. The van der Waals surface area contributed by atoms with Crippen molar-refractivity contribution in [3.8, 4) is 0 Å². The lowest BCUT2D eigenvalue weighted by Gasteiger charge is -2.14. The van der Waals surface area contributed by atoms with Crippen LogP contribution < -0.4 is 11.1 Å². The van der Waals surface area contributed by atoms with Crippen LogP contribution in [0.5, 0.6) is 0 Å². The zero-order valence-corrected chi connectivity index (χ0v) is 12.5. The molecule has 0 aliphatic carbocycles. The molecule has 4 nitrogen and oxygen atoms in total. The first-order chi connectivity index (χ1) is 8.90. The van der Waals surface area contributed by atoms with Crippen molar-refractivity contribution in [2.24, 2.45) is 11.7 Å². The lowest BCUT2D eigenvalue weighted by atomic mass is 10.0. The van der Waals surface area contributed by atoms with E-state index < -0.39 is 0 Å². The van der Waals surface area contributed by atoms with Crippen molar-refractivity contribution in [3.63, 3.8) is 0 Å². The van der Waals surface area contributed by atoms with Crippen LogP contribution in [0.1, 0.15) is 38.8 Å². The Morgan fingerprint density at radius 1 is 1.42 bits per heavy atom. The lowest BCUT2D eigenvalue weighted by molar-refractivity contribution is -0.119. The van der Waals surface area contributed by atoms with Crippen molar-refractivity contribution < 1.29 is 4.79 Å². The summed E-state index contributed by atoms with van der Waals surface area (Å²) < 4.78 is 0. The van der Waals surface area contributed by atoms with E-state index in [1.807, 2.05) is 20.8 Å². The maximum Gasteiger partial charge on any atom is 0.227 e. The molecule has 19 heavy (non-hydrogen) atoms. The van der Waals surface area contributed by atoms with Crippen LogP contribution in [0.4, 0.5) is 5.69 Å². The minimum absolute atomic E-state index is 0.0110. The van der Waals surface area contributed by atoms with Crippen LogP contribution in [-0.4, -0.2) is 16.9 Å². The summed E-state index contributed by atoms with van der Waals surface area (Å²) in [6, 6.07) is 3.64. The van der Waals surface area contributed by atoms with Crippen LogP contribution in [0.25, 0.3) is 0 Å². The molecule has 1 heterocycles. The fourth-order valence-corrected chi connectivity index (χ4v) is 1.99. The first-order valence-corrected chi connectivity index (χ1v) is 6.97. The maximum absolute atomic E-state index is 12.0. The highest BCUT2D eigenvalue weighted by Gasteiger charge is 2.14. The van der Waals surface area contributed by atoms with Gasteiger partial charge in [0.1, 0.15) is 5.15 Å². The molecule has 1 rings (SSSR count). The zero-order chi connectivity index (χ0) is 14.4. The third-order valence-electron chi connectivity index (χ3n) is 3.05. The molecule has 5 heteroatoms. The van der Waals surface area contributed by atoms with Crippen molar-refractivity contribution in [1.29, 1.82) is 0 Å². The molecule has 106 valence electrons. The summed E-state index contributed by atoms with van der Waals surface area (Å²) in [6.45, 7) is 5.73. The molecule has 1 amide bonds. The van der Waals surface area contributed by atoms with E-state index in [-0.39, 0.29) is 17.9 Å². The van der Waals surface area contributed by atoms with E-state index in [9.17, 15) is 4.79 Å². The Morgan fingerprint density at radius 2 is 2.11 bits per heavy atom. The van der Waals surface area contributed by atoms with Gasteiger partial charge in [0.2, 0.25) is 5.91 Å². The number of anilines is 1. The minimum atomic E-state index is -0.0335. The molecule has 0 aliphatic rings. The maximum atomic E-state index is 12.0. The van der Waals surface area contributed by atoms with E-state index in [2.05, 4.69) is 10.3 Å². The highest BCUT2D eigenvalue weighted by molar-refractivity contribution is 6.29. The first kappa shape index (κ1) is 15.9. The number of amides is 1. The number of carbonyl (C=O) groups is 1. The van der Waals surface area contributed by atoms with Gasteiger partial charge in [-0.25, -0.2) is 4.98 Å². The standard InChI is InChI=1S/C14H22ClN3O/c1-9(5-4-6-10(2)16)14(19)18-12-7-8-13(15)17-11(12)3/h7-10H,4-6,16H2,1-3H3,(H,18,19). The summed E-state index contributed by atoms with van der Waals surface area (Å²) in [5, 5.41) is 3.31. The van der Waals surface area contributed by atoms with Gasteiger partial charge in [0, 0.05) is 12.0 Å². The third kappa shape index (κ3) is 5.57. The van der Waals surface area contributed by atoms with Gasteiger partial charge in [0.05, 0.1) is 11.4 Å². The summed E-state index contributed by atoms with van der Waals surface area (Å²) in [4.78, 5) is 16.1. The summed E-state index contributed by atoms with van der Waals surface area (Å²) in [7, 11) is 0. The molecule has 0 fully saturated rings. The molecule has 0 bridgehead atoms. The van der Waals surface area contributed by atoms with E-state index in [0.29, 0.717) is 10.8 Å². The van der Waals surface area contributed by atoms with Crippen molar-refractivity contribution in [2.75, 3.05) is 5.32 Å². The van der Waals surface area contributed by atoms with E-state index in [0.717, 1.165) is 25.0 Å². The molecule has 2 atom stereocenters. The normalized spacial score (nSPS) is 13.9. The fourth-order valence-electron chi connectivity index (χ4n) is 1.80. The minimum Gasteiger partial charge on any atom is -0.328 e. The largest absolute Gasteiger partial charge is 0.328 e. The molecule has 2 unspecified atom stereocenters. The van der Waals surface area contributed by atoms with Crippen molar-refractivity contribution in [2.45, 2.75) is 46.1 Å². The number of halogens is 1. The second kappa shape index (κ2) is 7.46. The topological polar surface area (TPSA) is 68.0 Å². The molecule has 1 aromatic rings. The van der Waals surface area contributed by atoms with Gasteiger partial charge < -0.3 is 11.1 Å². The molecule has 3 N–H and O–H groups in total. The molecular formula is C14H22ClN3O. The Morgan fingerprint density at radius 3 is 2.68 bits per heavy atom. The quantitative estimate of drug-likeness (QED) is 0.788. The Hall–Kier alpha value is -1.13. The number of nitrogens with zero attached hydrogens (tertiary/aromatic N) is 1.